The van der Waals surface area contributed by atoms with Crippen molar-refractivity contribution in [1.82, 2.24) is 15.1 Å². The summed E-state index contributed by atoms with van der Waals surface area (Å²) < 4.78 is 54.2. The van der Waals surface area contributed by atoms with E-state index in [4.69, 9.17) is 19.6 Å². The van der Waals surface area contributed by atoms with Crippen LogP contribution in [0.5, 0.6) is 23.0 Å². The molecule has 3 N–H and O–H groups in total. The molecule has 0 heterocycles. The fourth-order valence-electron chi connectivity index (χ4n) is 3.30. The fraction of sp³-hybridized carbons (Fsp3) is 0.400. The Bertz CT molecular complexity index is 1010. The highest BCUT2D eigenvalue weighted by Gasteiger charge is 2.29. The standard InChI is InChI=1S/C25H33F3N4O4/c1-31(2)7-8-32(17-29)15-19-11-23(33)22(24(12-19)36-16-25(26,27)28)5-6-30-14-18-9-20(34-3)13-21(10-18)35-4/h7-13,17,29-30,33H,5-6,14-16H2,1-4H3/b8-7-,29-17?. The largest absolute Gasteiger partial charge is 0.508 e. The third kappa shape index (κ3) is 9.57. The molecule has 8 nitrogen and oxygen atoms in total. The van der Waals surface area contributed by atoms with Gasteiger partial charge < -0.3 is 34.4 Å². The van der Waals surface area contributed by atoms with Crippen molar-refractivity contribution in [3.8, 4) is 23.0 Å². The first-order chi connectivity index (χ1) is 17.0. The smallest absolute Gasteiger partial charge is 0.422 e. The maximum Gasteiger partial charge on any atom is 0.422 e. The van der Waals surface area contributed by atoms with E-state index >= 15 is 0 Å². The number of methoxy groups -OCH3 is 2. The molecule has 0 atom stereocenters. The zero-order valence-corrected chi connectivity index (χ0v) is 20.9. The van der Waals surface area contributed by atoms with Gasteiger partial charge in [-0.15, -0.1) is 0 Å². The lowest BCUT2D eigenvalue weighted by atomic mass is 10.0. The van der Waals surface area contributed by atoms with E-state index in [1.807, 2.05) is 26.2 Å². The second-order valence-corrected chi connectivity index (χ2v) is 8.21. The third-order valence-corrected chi connectivity index (χ3v) is 5.02. The Morgan fingerprint density at radius 2 is 1.67 bits per heavy atom. The van der Waals surface area contributed by atoms with E-state index in [2.05, 4.69) is 5.32 Å². The van der Waals surface area contributed by atoms with Crippen LogP contribution in [-0.4, -0.2) is 68.9 Å². The van der Waals surface area contributed by atoms with Gasteiger partial charge in [0.2, 0.25) is 0 Å². The molecule has 2 aromatic rings. The molecule has 0 amide bonds. The molecule has 2 rings (SSSR count). The predicted molar refractivity (Wildman–Crippen MR) is 132 cm³/mol. The summed E-state index contributed by atoms with van der Waals surface area (Å²) in [6.45, 7) is -0.487. The lowest BCUT2D eigenvalue weighted by Gasteiger charge is -2.19. The number of hydrogen-bond donors (Lipinski definition) is 3. The fourth-order valence-corrected chi connectivity index (χ4v) is 3.30. The quantitative estimate of drug-likeness (QED) is 0.200. The molecule has 0 bridgehead atoms. The molecule has 0 saturated heterocycles. The van der Waals surface area contributed by atoms with Crippen LogP contribution >= 0.6 is 0 Å². The monoisotopic (exact) mass is 510 g/mol. The summed E-state index contributed by atoms with van der Waals surface area (Å²) in [7, 11) is 6.75. The van der Waals surface area contributed by atoms with Gasteiger partial charge in [0.25, 0.3) is 0 Å². The normalized spacial score (nSPS) is 11.4. The Kier molecular flexibility index (Phi) is 10.7. The van der Waals surface area contributed by atoms with Crippen molar-refractivity contribution in [2.45, 2.75) is 25.7 Å². The van der Waals surface area contributed by atoms with E-state index in [-0.39, 0.29) is 30.0 Å². The van der Waals surface area contributed by atoms with Crippen LogP contribution in [0.3, 0.4) is 0 Å². The van der Waals surface area contributed by atoms with Crippen molar-refractivity contribution in [3.63, 3.8) is 0 Å². The van der Waals surface area contributed by atoms with Crippen LogP contribution in [0.25, 0.3) is 0 Å². The minimum atomic E-state index is -4.53. The molecule has 0 radical (unpaired) electrons. The molecule has 198 valence electrons. The minimum Gasteiger partial charge on any atom is -0.508 e. The molecule has 0 aromatic heterocycles. The molecule has 36 heavy (non-hydrogen) atoms. The van der Waals surface area contributed by atoms with Crippen molar-refractivity contribution < 1.29 is 32.5 Å². The van der Waals surface area contributed by atoms with Crippen molar-refractivity contribution >= 4 is 6.34 Å². The Balaban J connectivity index is 2.16. The van der Waals surface area contributed by atoms with Crippen LogP contribution in [-0.2, 0) is 19.5 Å². The van der Waals surface area contributed by atoms with Gasteiger partial charge in [-0.2, -0.15) is 13.2 Å². The molecule has 0 spiro atoms. The Labute approximate surface area is 209 Å². The molecule has 0 aliphatic heterocycles. The minimum absolute atomic E-state index is 0.0475. The number of nitrogens with zero attached hydrogens (tertiary/aromatic N) is 2. The molecule has 0 saturated carbocycles. The van der Waals surface area contributed by atoms with Gasteiger partial charge in [0.15, 0.2) is 6.61 Å². The summed E-state index contributed by atoms with van der Waals surface area (Å²) in [6, 6.07) is 8.39. The van der Waals surface area contributed by atoms with Crippen LogP contribution in [0.15, 0.2) is 42.7 Å². The maximum absolute atomic E-state index is 12.9. The van der Waals surface area contributed by atoms with E-state index in [0.717, 1.165) is 11.9 Å². The molecule has 2 aromatic carbocycles. The van der Waals surface area contributed by atoms with Crippen molar-refractivity contribution in [1.29, 1.82) is 5.41 Å². The zero-order chi connectivity index (χ0) is 26.7. The van der Waals surface area contributed by atoms with E-state index in [9.17, 15) is 18.3 Å². The van der Waals surface area contributed by atoms with E-state index in [1.54, 1.807) is 37.6 Å². The highest BCUT2D eigenvalue weighted by Crippen LogP contribution is 2.32. The summed E-state index contributed by atoms with van der Waals surface area (Å²) in [4.78, 5) is 3.30. The van der Waals surface area contributed by atoms with E-state index < -0.39 is 12.8 Å². The SMILES string of the molecule is COc1cc(CNCCc2c(O)cc(CN(C=N)/C=C\N(C)C)cc2OCC(F)(F)F)cc(OC)c1. The highest BCUT2D eigenvalue weighted by atomic mass is 19.4. The molecular formula is C25H33F3N4O4. The number of rotatable bonds is 14. The highest BCUT2D eigenvalue weighted by molar-refractivity contribution is 5.54. The summed E-state index contributed by atoms with van der Waals surface area (Å²) in [5, 5.41) is 21.4. The van der Waals surface area contributed by atoms with E-state index in [0.29, 0.717) is 30.2 Å². The molecule has 0 unspecified atom stereocenters. The van der Waals surface area contributed by atoms with Gasteiger partial charge in [-0.1, -0.05) is 0 Å². The van der Waals surface area contributed by atoms with Gasteiger partial charge in [0, 0.05) is 51.2 Å². The van der Waals surface area contributed by atoms with Crippen LogP contribution in [0.1, 0.15) is 16.7 Å². The third-order valence-electron chi connectivity index (χ3n) is 5.02. The average molecular weight is 511 g/mol. The van der Waals surface area contributed by atoms with Crippen LogP contribution in [0, 0.1) is 5.41 Å². The lowest BCUT2D eigenvalue weighted by molar-refractivity contribution is -0.153. The molecule has 0 aliphatic rings. The second-order valence-electron chi connectivity index (χ2n) is 8.21. The first-order valence-corrected chi connectivity index (χ1v) is 11.1. The van der Waals surface area contributed by atoms with Crippen LogP contribution < -0.4 is 19.5 Å². The molecule has 0 fully saturated rings. The van der Waals surface area contributed by atoms with Crippen LogP contribution in [0.4, 0.5) is 13.2 Å². The average Bonchev–Trinajstić information content (AvgIpc) is 2.83. The number of phenols is 1. The van der Waals surface area contributed by atoms with Gasteiger partial charge in [-0.3, -0.25) is 5.41 Å². The summed E-state index contributed by atoms with van der Waals surface area (Å²) >= 11 is 0. The topological polar surface area (TPSA) is 90.3 Å². The number of benzene rings is 2. The van der Waals surface area contributed by atoms with Gasteiger partial charge in [0.05, 0.1) is 20.6 Å². The number of ether oxygens (including phenoxy) is 3. The predicted octanol–water partition coefficient (Wildman–Crippen LogP) is 4.12. The Morgan fingerprint density at radius 3 is 2.22 bits per heavy atom. The number of halogens is 3. The number of hydrogen-bond acceptors (Lipinski definition) is 7. The van der Waals surface area contributed by atoms with Crippen molar-refractivity contribution in [3.05, 3.63) is 59.4 Å². The second kappa shape index (κ2) is 13.5. The Morgan fingerprint density at radius 1 is 1.00 bits per heavy atom. The summed E-state index contributed by atoms with van der Waals surface area (Å²) in [5.74, 6) is 1.06. The summed E-state index contributed by atoms with van der Waals surface area (Å²) in [6.07, 6.45) is 0.158. The zero-order valence-electron chi connectivity index (χ0n) is 20.9. The van der Waals surface area contributed by atoms with Crippen LogP contribution in [0.2, 0.25) is 0 Å². The van der Waals surface area contributed by atoms with Crippen molar-refractivity contribution in [2.24, 2.45) is 0 Å². The number of phenolic OH excluding ortho intramolecular Hbond substituents is 1. The van der Waals surface area contributed by atoms with Crippen molar-refractivity contribution in [2.75, 3.05) is 41.5 Å². The first kappa shape index (κ1) is 28.6. The lowest BCUT2D eigenvalue weighted by Crippen LogP contribution is -2.21. The van der Waals surface area contributed by atoms with Gasteiger partial charge in [-0.25, -0.2) is 0 Å². The van der Waals surface area contributed by atoms with Gasteiger partial charge in [-0.05, 0) is 48.4 Å². The number of nitrogens with one attached hydrogen (secondary N) is 2. The molecular weight excluding hydrogens is 477 g/mol. The molecule has 0 aliphatic carbocycles. The number of alkyl halides is 3. The molecule has 11 heteroatoms. The first-order valence-electron chi connectivity index (χ1n) is 11.1. The maximum atomic E-state index is 12.9. The summed E-state index contributed by atoms with van der Waals surface area (Å²) in [5.41, 5.74) is 1.66. The van der Waals surface area contributed by atoms with Gasteiger partial charge >= 0.3 is 6.18 Å². The van der Waals surface area contributed by atoms with E-state index in [1.165, 1.54) is 17.0 Å². The number of aromatic hydroxyl groups is 1. The van der Waals surface area contributed by atoms with Gasteiger partial charge in [0.1, 0.15) is 23.0 Å². The Hall–Kier alpha value is -3.60.